The van der Waals surface area contributed by atoms with Crippen molar-refractivity contribution < 1.29 is 18.3 Å². The third kappa shape index (κ3) is 3.18. The van der Waals surface area contributed by atoms with Crippen molar-refractivity contribution in [2.24, 2.45) is 0 Å². The number of hydrogen-bond donors (Lipinski definition) is 1. The van der Waals surface area contributed by atoms with Crippen molar-refractivity contribution in [2.45, 2.75) is 17.9 Å². The number of aromatic hydroxyl groups is 1. The number of methoxy groups -OCH3 is 1. The first-order chi connectivity index (χ1) is 7.89. The summed E-state index contributed by atoms with van der Waals surface area (Å²) in [6, 6.07) is 5.33. The van der Waals surface area contributed by atoms with Gasteiger partial charge in [-0.05, 0) is 25.1 Å². The molecule has 1 atom stereocenters. The van der Waals surface area contributed by atoms with Gasteiger partial charge in [-0.1, -0.05) is 6.07 Å². The van der Waals surface area contributed by atoms with Crippen LogP contribution in [0.25, 0.3) is 0 Å². The second kappa shape index (κ2) is 5.48. The highest BCUT2D eigenvalue weighted by Gasteiger charge is 2.25. The minimum Gasteiger partial charge on any atom is -0.508 e. The standard InChI is InChI=1S/C11H17NO4S/c1-9(8-16-3)12(2)17(14,15)11-6-4-5-10(13)7-11/h4-7,9,13H,8H2,1-3H3. The molecule has 1 aromatic rings. The summed E-state index contributed by atoms with van der Waals surface area (Å²) in [5, 5.41) is 9.29. The summed E-state index contributed by atoms with van der Waals surface area (Å²) < 4.78 is 30.5. The molecule has 0 bridgehead atoms. The van der Waals surface area contributed by atoms with Crippen LogP contribution in [0, 0.1) is 0 Å². The van der Waals surface area contributed by atoms with Crippen LogP contribution < -0.4 is 0 Å². The lowest BCUT2D eigenvalue weighted by Gasteiger charge is -2.23. The van der Waals surface area contributed by atoms with E-state index in [0.717, 1.165) is 0 Å². The van der Waals surface area contributed by atoms with Gasteiger partial charge in [0.1, 0.15) is 5.75 Å². The lowest BCUT2D eigenvalue weighted by atomic mass is 10.3. The van der Waals surface area contributed by atoms with E-state index in [4.69, 9.17) is 4.74 Å². The first kappa shape index (κ1) is 14.0. The van der Waals surface area contributed by atoms with Gasteiger partial charge in [0.15, 0.2) is 0 Å². The fraction of sp³-hybridized carbons (Fsp3) is 0.455. The van der Waals surface area contributed by atoms with Gasteiger partial charge >= 0.3 is 0 Å². The molecule has 0 aliphatic carbocycles. The lowest BCUT2D eigenvalue weighted by molar-refractivity contribution is 0.149. The average Bonchev–Trinajstić information content (AvgIpc) is 2.28. The van der Waals surface area contributed by atoms with Crippen LogP contribution in [-0.2, 0) is 14.8 Å². The summed E-state index contributed by atoms with van der Waals surface area (Å²) >= 11 is 0. The zero-order valence-corrected chi connectivity index (χ0v) is 10.9. The first-order valence-corrected chi connectivity index (χ1v) is 6.59. The monoisotopic (exact) mass is 259 g/mol. The van der Waals surface area contributed by atoms with Crippen LogP contribution in [0.1, 0.15) is 6.92 Å². The molecule has 17 heavy (non-hydrogen) atoms. The number of hydrogen-bond acceptors (Lipinski definition) is 4. The van der Waals surface area contributed by atoms with E-state index in [2.05, 4.69) is 0 Å². The van der Waals surface area contributed by atoms with E-state index in [-0.39, 0.29) is 16.7 Å². The molecule has 1 rings (SSSR count). The molecule has 96 valence electrons. The van der Waals surface area contributed by atoms with Gasteiger partial charge in [-0.25, -0.2) is 8.42 Å². The fourth-order valence-corrected chi connectivity index (χ4v) is 2.78. The molecular weight excluding hydrogens is 242 g/mol. The Bertz CT molecular complexity index is 472. The highest BCUT2D eigenvalue weighted by Crippen LogP contribution is 2.20. The molecular formula is C11H17NO4S. The number of sulfonamides is 1. The fourth-order valence-electron chi connectivity index (χ4n) is 1.39. The summed E-state index contributed by atoms with van der Waals surface area (Å²) in [4.78, 5) is 0.0722. The summed E-state index contributed by atoms with van der Waals surface area (Å²) in [5.41, 5.74) is 0. The summed E-state index contributed by atoms with van der Waals surface area (Å²) in [7, 11) is -0.581. The van der Waals surface area contributed by atoms with Crippen molar-refractivity contribution in [2.75, 3.05) is 20.8 Å². The van der Waals surface area contributed by atoms with Crippen LogP contribution >= 0.6 is 0 Å². The summed E-state index contributed by atoms with van der Waals surface area (Å²) in [6.45, 7) is 2.07. The zero-order valence-electron chi connectivity index (χ0n) is 10.1. The predicted molar refractivity (Wildman–Crippen MR) is 64.4 cm³/mol. The molecule has 5 nitrogen and oxygen atoms in total. The number of ether oxygens (including phenoxy) is 1. The van der Waals surface area contributed by atoms with Crippen molar-refractivity contribution >= 4 is 10.0 Å². The molecule has 6 heteroatoms. The van der Waals surface area contributed by atoms with E-state index in [9.17, 15) is 13.5 Å². The Kier molecular flexibility index (Phi) is 4.50. The van der Waals surface area contributed by atoms with Crippen LogP contribution in [0.15, 0.2) is 29.2 Å². The lowest BCUT2D eigenvalue weighted by Crippen LogP contribution is -2.37. The maximum Gasteiger partial charge on any atom is 0.243 e. The average molecular weight is 259 g/mol. The minimum absolute atomic E-state index is 0.0705. The maximum atomic E-state index is 12.2. The molecule has 0 spiro atoms. The van der Waals surface area contributed by atoms with Crippen molar-refractivity contribution in [1.82, 2.24) is 4.31 Å². The van der Waals surface area contributed by atoms with Crippen molar-refractivity contribution in [1.29, 1.82) is 0 Å². The number of phenols is 1. The minimum atomic E-state index is -3.59. The van der Waals surface area contributed by atoms with Gasteiger partial charge in [0, 0.05) is 20.2 Å². The van der Waals surface area contributed by atoms with Gasteiger partial charge in [-0.15, -0.1) is 0 Å². The number of nitrogens with zero attached hydrogens (tertiary/aromatic N) is 1. The largest absolute Gasteiger partial charge is 0.508 e. The van der Waals surface area contributed by atoms with E-state index in [1.165, 1.54) is 42.7 Å². The van der Waals surface area contributed by atoms with Crippen molar-refractivity contribution in [3.63, 3.8) is 0 Å². The molecule has 1 N–H and O–H groups in total. The van der Waals surface area contributed by atoms with E-state index >= 15 is 0 Å². The van der Waals surface area contributed by atoms with Crippen LogP contribution in [0.3, 0.4) is 0 Å². The van der Waals surface area contributed by atoms with Gasteiger partial charge in [0.2, 0.25) is 10.0 Å². The van der Waals surface area contributed by atoms with Crippen LogP contribution in [0.2, 0.25) is 0 Å². The quantitative estimate of drug-likeness (QED) is 0.858. The van der Waals surface area contributed by atoms with E-state index in [1.54, 1.807) is 6.92 Å². The van der Waals surface area contributed by atoms with E-state index in [0.29, 0.717) is 6.61 Å². The van der Waals surface area contributed by atoms with Crippen molar-refractivity contribution in [3.8, 4) is 5.75 Å². The van der Waals surface area contributed by atoms with E-state index in [1.807, 2.05) is 0 Å². The molecule has 0 amide bonds. The van der Waals surface area contributed by atoms with E-state index < -0.39 is 10.0 Å². The summed E-state index contributed by atoms with van der Waals surface area (Å²) in [6.07, 6.45) is 0. The normalized spacial score (nSPS) is 13.9. The molecule has 0 heterocycles. The Balaban J connectivity index is 3.03. The molecule has 0 aromatic heterocycles. The molecule has 0 aliphatic rings. The molecule has 1 aromatic carbocycles. The predicted octanol–water partition coefficient (Wildman–Crippen LogP) is 1.05. The highest BCUT2D eigenvalue weighted by molar-refractivity contribution is 7.89. The smallest absolute Gasteiger partial charge is 0.243 e. The second-order valence-electron chi connectivity index (χ2n) is 3.82. The molecule has 1 unspecified atom stereocenters. The number of rotatable bonds is 5. The molecule has 0 fully saturated rings. The Morgan fingerprint density at radius 3 is 2.65 bits per heavy atom. The maximum absolute atomic E-state index is 12.2. The van der Waals surface area contributed by atoms with Gasteiger partial charge in [0.05, 0.1) is 11.5 Å². The molecule has 0 radical (unpaired) electrons. The van der Waals surface area contributed by atoms with Gasteiger partial charge in [-0.2, -0.15) is 4.31 Å². The molecule has 0 saturated carbocycles. The third-order valence-corrected chi connectivity index (χ3v) is 4.49. The first-order valence-electron chi connectivity index (χ1n) is 5.15. The van der Waals surface area contributed by atoms with Crippen LogP contribution in [0.4, 0.5) is 0 Å². The topological polar surface area (TPSA) is 66.8 Å². The van der Waals surface area contributed by atoms with Gasteiger partial charge in [-0.3, -0.25) is 0 Å². The zero-order chi connectivity index (χ0) is 13.1. The van der Waals surface area contributed by atoms with Crippen LogP contribution in [-0.4, -0.2) is 44.6 Å². The van der Waals surface area contributed by atoms with Gasteiger partial charge in [0.25, 0.3) is 0 Å². The Morgan fingerprint density at radius 2 is 2.12 bits per heavy atom. The highest BCUT2D eigenvalue weighted by atomic mass is 32.2. The number of phenolic OH excluding ortho intramolecular Hbond substituents is 1. The Hall–Kier alpha value is -1.11. The molecule has 0 aliphatic heterocycles. The van der Waals surface area contributed by atoms with Gasteiger partial charge < -0.3 is 9.84 Å². The third-order valence-electron chi connectivity index (χ3n) is 2.52. The Morgan fingerprint density at radius 1 is 1.47 bits per heavy atom. The second-order valence-corrected chi connectivity index (χ2v) is 5.82. The number of likely N-dealkylation sites (N-methyl/N-ethyl adjacent to an activating group) is 1. The number of benzene rings is 1. The van der Waals surface area contributed by atoms with Crippen LogP contribution in [0.5, 0.6) is 5.75 Å². The van der Waals surface area contributed by atoms with Crippen molar-refractivity contribution in [3.05, 3.63) is 24.3 Å². The SMILES string of the molecule is COCC(C)N(C)S(=O)(=O)c1cccc(O)c1. The summed E-state index contributed by atoms with van der Waals surface area (Å²) in [5.74, 6) is -0.0705. The Labute approximate surface area is 102 Å². The molecule has 0 saturated heterocycles.